The second-order valence-corrected chi connectivity index (χ2v) is 6.67. The van der Waals surface area contributed by atoms with E-state index in [-0.39, 0.29) is 5.91 Å². The number of anilines is 1. The monoisotopic (exact) mass is 366 g/mol. The molecule has 2 rings (SSSR count). The largest absolute Gasteiger partial charge is 0.398 e. The minimum Gasteiger partial charge on any atom is -0.398 e. The van der Waals surface area contributed by atoms with Crippen LogP contribution in [-0.4, -0.2) is 5.91 Å². The highest BCUT2D eigenvalue weighted by Crippen LogP contribution is 2.24. The molecule has 1 amide bonds. The minimum absolute atomic E-state index is 0.225. The first-order valence-corrected chi connectivity index (χ1v) is 7.60. The Kier molecular flexibility index (Phi) is 4.59. The van der Waals surface area contributed by atoms with Crippen LogP contribution in [0.15, 0.2) is 46.9 Å². The Morgan fingerprint density at radius 1 is 1.19 bits per heavy atom. The van der Waals surface area contributed by atoms with E-state index in [2.05, 4.69) is 21.2 Å². The molecule has 0 aliphatic rings. The van der Waals surface area contributed by atoms with Crippen molar-refractivity contribution in [3.63, 3.8) is 0 Å². The van der Waals surface area contributed by atoms with Gasteiger partial charge in [-0.1, -0.05) is 39.7 Å². The van der Waals surface area contributed by atoms with Crippen molar-refractivity contribution in [1.29, 1.82) is 0 Å². The third-order valence-corrected chi connectivity index (χ3v) is 4.01. The normalized spacial score (nSPS) is 11.2. The second kappa shape index (κ2) is 6.08. The van der Waals surface area contributed by atoms with Crippen LogP contribution in [0.4, 0.5) is 5.69 Å². The summed E-state index contributed by atoms with van der Waals surface area (Å²) < 4.78 is 0.996. The third-order valence-electron chi connectivity index (χ3n) is 3.25. The average molecular weight is 368 g/mol. The number of rotatable bonds is 3. The van der Waals surface area contributed by atoms with E-state index in [1.807, 2.05) is 38.1 Å². The molecular formula is C16H16BrClN2O. The molecule has 0 spiro atoms. The first-order valence-electron chi connectivity index (χ1n) is 6.43. The fraction of sp³-hybridized carbons (Fsp3) is 0.188. The lowest BCUT2D eigenvalue weighted by atomic mass is 9.94. The van der Waals surface area contributed by atoms with E-state index < -0.39 is 5.54 Å². The summed E-state index contributed by atoms with van der Waals surface area (Å²) in [5, 5.41) is 3.50. The van der Waals surface area contributed by atoms with Crippen LogP contribution in [0.25, 0.3) is 0 Å². The van der Waals surface area contributed by atoms with Gasteiger partial charge in [-0.3, -0.25) is 4.79 Å². The number of nitrogen functional groups attached to an aromatic ring is 1. The number of nitrogens with one attached hydrogen (secondary N) is 1. The van der Waals surface area contributed by atoms with Gasteiger partial charge in [-0.25, -0.2) is 0 Å². The molecule has 0 fully saturated rings. The van der Waals surface area contributed by atoms with Crippen LogP contribution in [0.5, 0.6) is 0 Å². The molecule has 0 unspecified atom stereocenters. The lowest BCUT2D eigenvalue weighted by molar-refractivity contribution is 0.0913. The van der Waals surface area contributed by atoms with Crippen LogP contribution in [0, 0.1) is 0 Å². The topological polar surface area (TPSA) is 55.1 Å². The summed E-state index contributed by atoms with van der Waals surface area (Å²) in [6.45, 7) is 3.89. The Labute approximate surface area is 137 Å². The van der Waals surface area contributed by atoms with E-state index >= 15 is 0 Å². The molecule has 3 N–H and O–H groups in total. The molecular weight excluding hydrogens is 352 g/mol. The standard InChI is InChI=1S/C16H16BrClN2O/c1-16(2,10-3-5-11(17)6-4-10)20-15(21)13-8-7-12(18)9-14(13)19/h3-9H,19H2,1-2H3,(H,20,21). The van der Waals surface area contributed by atoms with Gasteiger partial charge in [-0.05, 0) is 49.7 Å². The molecule has 0 aliphatic heterocycles. The summed E-state index contributed by atoms with van der Waals surface area (Å²) in [5.41, 5.74) is 7.13. The van der Waals surface area contributed by atoms with E-state index in [4.69, 9.17) is 17.3 Å². The predicted molar refractivity (Wildman–Crippen MR) is 90.5 cm³/mol. The number of carbonyl (C=O) groups is 1. The fourth-order valence-corrected chi connectivity index (χ4v) is 2.48. The number of nitrogens with two attached hydrogens (primary N) is 1. The predicted octanol–water partition coefficient (Wildman–Crippen LogP) is 4.35. The molecule has 0 atom stereocenters. The summed E-state index contributed by atoms with van der Waals surface area (Å²) in [4.78, 5) is 12.4. The lowest BCUT2D eigenvalue weighted by Gasteiger charge is -2.27. The maximum Gasteiger partial charge on any atom is 0.254 e. The minimum atomic E-state index is -0.510. The maximum atomic E-state index is 12.4. The van der Waals surface area contributed by atoms with Crippen molar-refractivity contribution in [3.8, 4) is 0 Å². The van der Waals surface area contributed by atoms with Gasteiger partial charge in [-0.2, -0.15) is 0 Å². The zero-order valence-electron chi connectivity index (χ0n) is 11.8. The van der Waals surface area contributed by atoms with Crippen LogP contribution in [0.3, 0.4) is 0 Å². The van der Waals surface area contributed by atoms with Gasteiger partial charge < -0.3 is 11.1 Å². The Morgan fingerprint density at radius 2 is 1.81 bits per heavy atom. The second-order valence-electron chi connectivity index (χ2n) is 5.32. The molecule has 5 heteroatoms. The quantitative estimate of drug-likeness (QED) is 0.792. The van der Waals surface area contributed by atoms with Crippen LogP contribution in [0.2, 0.25) is 5.02 Å². The van der Waals surface area contributed by atoms with Crippen molar-refractivity contribution < 1.29 is 4.79 Å². The van der Waals surface area contributed by atoms with Crippen molar-refractivity contribution in [2.45, 2.75) is 19.4 Å². The molecule has 0 saturated carbocycles. The maximum absolute atomic E-state index is 12.4. The molecule has 3 nitrogen and oxygen atoms in total. The summed E-state index contributed by atoms with van der Waals surface area (Å²) in [7, 11) is 0. The first-order chi connectivity index (χ1) is 9.79. The zero-order chi connectivity index (χ0) is 15.6. The number of halogens is 2. The number of amides is 1. The molecule has 21 heavy (non-hydrogen) atoms. The smallest absolute Gasteiger partial charge is 0.254 e. The molecule has 2 aromatic carbocycles. The van der Waals surface area contributed by atoms with Crippen molar-refractivity contribution in [2.24, 2.45) is 0 Å². The summed E-state index contributed by atoms with van der Waals surface area (Å²) in [5.74, 6) is -0.225. The summed E-state index contributed by atoms with van der Waals surface area (Å²) >= 11 is 9.25. The highest BCUT2D eigenvalue weighted by Gasteiger charge is 2.24. The lowest BCUT2D eigenvalue weighted by Crippen LogP contribution is -2.41. The van der Waals surface area contributed by atoms with Gasteiger partial charge in [0, 0.05) is 15.2 Å². The molecule has 0 bridgehead atoms. The Bertz CT molecular complexity index is 668. The summed E-state index contributed by atoms with van der Waals surface area (Å²) in [6.07, 6.45) is 0. The Morgan fingerprint density at radius 3 is 2.38 bits per heavy atom. The van der Waals surface area contributed by atoms with E-state index in [1.54, 1.807) is 18.2 Å². The van der Waals surface area contributed by atoms with Gasteiger partial charge in [0.2, 0.25) is 0 Å². The Hall–Kier alpha value is -1.52. The summed E-state index contributed by atoms with van der Waals surface area (Å²) in [6, 6.07) is 12.7. The number of hydrogen-bond acceptors (Lipinski definition) is 2. The van der Waals surface area contributed by atoms with Crippen LogP contribution in [-0.2, 0) is 5.54 Å². The number of benzene rings is 2. The highest BCUT2D eigenvalue weighted by atomic mass is 79.9. The van der Waals surface area contributed by atoms with E-state index in [0.29, 0.717) is 16.3 Å². The van der Waals surface area contributed by atoms with Gasteiger partial charge >= 0.3 is 0 Å². The van der Waals surface area contributed by atoms with Crippen molar-refractivity contribution in [2.75, 3.05) is 5.73 Å². The SMILES string of the molecule is CC(C)(NC(=O)c1ccc(Cl)cc1N)c1ccc(Br)cc1. The van der Waals surface area contributed by atoms with E-state index in [0.717, 1.165) is 10.0 Å². The Balaban J connectivity index is 2.23. The van der Waals surface area contributed by atoms with Crippen LogP contribution < -0.4 is 11.1 Å². The fourth-order valence-electron chi connectivity index (χ4n) is 2.03. The molecule has 2 aromatic rings. The molecule has 0 aromatic heterocycles. The molecule has 0 aliphatic carbocycles. The van der Waals surface area contributed by atoms with Gasteiger partial charge in [0.25, 0.3) is 5.91 Å². The molecule has 0 radical (unpaired) electrons. The third kappa shape index (κ3) is 3.77. The molecule has 0 heterocycles. The van der Waals surface area contributed by atoms with Gasteiger partial charge in [0.1, 0.15) is 0 Å². The zero-order valence-corrected chi connectivity index (χ0v) is 14.1. The van der Waals surface area contributed by atoms with Crippen LogP contribution in [0.1, 0.15) is 29.8 Å². The van der Waals surface area contributed by atoms with Crippen LogP contribution >= 0.6 is 27.5 Å². The number of hydrogen-bond donors (Lipinski definition) is 2. The van der Waals surface area contributed by atoms with Gasteiger partial charge in [0.05, 0.1) is 11.1 Å². The van der Waals surface area contributed by atoms with Crippen molar-refractivity contribution >= 4 is 39.1 Å². The highest BCUT2D eigenvalue weighted by molar-refractivity contribution is 9.10. The van der Waals surface area contributed by atoms with Gasteiger partial charge in [-0.15, -0.1) is 0 Å². The number of carbonyl (C=O) groups excluding carboxylic acids is 1. The average Bonchev–Trinajstić information content (AvgIpc) is 2.38. The van der Waals surface area contributed by atoms with Crippen molar-refractivity contribution in [3.05, 3.63) is 63.1 Å². The van der Waals surface area contributed by atoms with Gasteiger partial charge in [0.15, 0.2) is 0 Å². The molecule has 0 saturated heterocycles. The van der Waals surface area contributed by atoms with E-state index in [1.165, 1.54) is 0 Å². The molecule has 110 valence electrons. The first kappa shape index (κ1) is 15.9. The van der Waals surface area contributed by atoms with E-state index in [9.17, 15) is 4.79 Å². The van der Waals surface area contributed by atoms with Crippen molar-refractivity contribution in [1.82, 2.24) is 5.32 Å².